The van der Waals surface area contributed by atoms with Crippen LogP contribution >= 0.6 is 11.6 Å². The Morgan fingerprint density at radius 2 is 1.80 bits per heavy atom. The predicted molar refractivity (Wildman–Crippen MR) is 164 cm³/mol. The molecule has 0 radical (unpaired) electrons. The van der Waals surface area contributed by atoms with E-state index in [9.17, 15) is 9.90 Å². The zero-order valence-corrected chi connectivity index (χ0v) is 24.3. The summed E-state index contributed by atoms with van der Waals surface area (Å²) in [6.07, 6.45) is 6.82. The molecule has 0 unspecified atom stereocenters. The molecule has 6 rings (SSSR count). The van der Waals surface area contributed by atoms with Crippen LogP contribution in [0.2, 0.25) is 5.02 Å². The van der Waals surface area contributed by atoms with Gasteiger partial charge in [-0.15, -0.1) is 0 Å². The summed E-state index contributed by atoms with van der Waals surface area (Å²) >= 11 is 6.19. The Kier molecular flexibility index (Phi) is 7.49. The molecule has 1 fully saturated rings. The number of hydrogen-bond donors (Lipinski definition) is 1. The lowest BCUT2D eigenvalue weighted by Gasteiger charge is -2.39. The number of allylic oxidation sites excluding steroid dienone is 1. The van der Waals surface area contributed by atoms with Crippen LogP contribution in [0.4, 0.5) is 5.69 Å². The maximum Gasteiger partial charge on any atom is 0.339 e. The van der Waals surface area contributed by atoms with E-state index in [0.29, 0.717) is 11.4 Å². The van der Waals surface area contributed by atoms with Gasteiger partial charge in [0.1, 0.15) is 5.56 Å². The minimum Gasteiger partial charge on any atom is -0.478 e. The van der Waals surface area contributed by atoms with Crippen molar-refractivity contribution in [3.05, 3.63) is 94.8 Å². The van der Waals surface area contributed by atoms with E-state index >= 15 is 0 Å². The number of aromatic carboxylic acids is 1. The smallest absolute Gasteiger partial charge is 0.339 e. The van der Waals surface area contributed by atoms with Gasteiger partial charge in [-0.3, -0.25) is 4.90 Å². The number of halogens is 1. The Morgan fingerprint density at radius 3 is 2.56 bits per heavy atom. The number of fused-ring (bicyclic) bond motifs is 1. The van der Waals surface area contributed by atoms with E-state index in [1.807, 2.05) is 36.4 Å². The fraction of sp³-hybridized carbons (Fsp3) is 0.333. The van der Waals surface area contributed by atoms with Gasteiger partial charge in [-0.1, -0.05) is 49.2 Å². The molecular formula is C33H35ClN4O3. The molecule has 0 spiro atoms. The van der Waals surface area contributed by atoms with Crippen molar-refractivity contribution in [2.45, 2.75) is 33.1 Å². The first-order valence-corrected chi connectivity index (χ1v) is 14.6. The van der Waals surface area contributed by atoms with Gasteiger partial charge in [0.05, 0.1) is 5.69 Å². The van der Waals surface area contributed by atoms with E-state index < -0.39 is 5.97 Å². The van der Waals surface area contributed by atoms with Crippen molar-refractivity contribution in [2.75, 3.05) is 37.6 Å². The number of carbonyl (C=O) groups is 1. The first kappa shape index (κ1) is 27.4. The van der Waals surface area contributed by atoms with Gasteiger partial charge >= 0.3 is 5.97 Å². The van der Waals surface area contributed by atoms with Crippen LogP contribution in [0.1, 0.15) is 49.0 Å². The van der Waals surface area contributed by atoms with Crippen molar-refractivity contribution in [3.63, 3.8) is 0 Å². The molecule has 41 heavy (non-hydrogen) atoms. The fourth-order valence-electron chi connectivity index (χ4n) is 6.03. The molecule has 4 aromatic rings. The van der Waals surface area contributed by atoms with Crippen LogP contribution in [0, 0.1) is 5.41 Å². The molecule has 2 aromatic carbocycles. The Hall–Kier alpha value is -3.81. The van der Waals surface area contributed by atoms with Crippen LogP contribution in [0.5, 0.6) is 5.75 Å². The Balaban J connectivity index is 1.22. The molecular weight excluding hydrogens is 536 g/mol. The zero-order valence-electron chi connectivity index (χ0n) is 23.5. The van der Waals surface area contributed by atoms with Crippen LogP contribution < -0.4 is 9.74 Å². The minimum atomic E-state index is -1.02. The molecule has 2 aromatic heterocycles. The van der Waals surface area contributed by atoms with Crippen molar-refractivity contribution in [1.82, 2.24) is 14.6 Å². The van der Waals surface area contributed by atoms with Crippen LogP contribution in [0.3, 0.4) is 0 Å². The number of aromatic nitrogens is 2. The number of hydrogen-bond acceptors (Lipinski definition) is 5. The zero-order chi connectivity index (χ0) is 28.6. The first-order valence-electron chi connectivity index (χ1n) is 14.2. The van der Waals surface area contributed by atoms with E-state index in [1.54, 1.807) is 29.3 Å². The van der Waals surface area contributed by atoms with Crippen LogP contribution in [-0.2, 0) is 0 Å². The quantitative estimate of drug-likeness (QED) is 0.257. The molecule has 2 aliphatic rings. The molecule has 8 heteroatoms. The van der Waals surface area contributed by atoms with Gasteiger partial charge in [0.15, 0.2) is 11.4 Å². The molecule has 1 N–H and O–H groups in total. The minimum absolute atomic E-state index is 0.130. The highest BCUT2D eigenvalue weighted by atomic mass is 35.5. The lowest BCUT2D eigenvalue weighted by atomic mass is 9.72. The maximum absolute atomic E-state index is 12.2. The SMILES string of the molecule is CC1(C)CCC(CN2CCN(c3cccc(C(=O)O)c3On3ccc4cccnc43)CC2)=C(c2ccc(Cl)cc2)C1. The second-order valence-electron chi connectivity index (χ2n) is 11.8. The second kappa shape index (κ2) is 11.2. The van der Waals surface area contributed by atoms with Gasteiger partial charge in [0.25, 0.3) is 0 Å². The average molecular weight is 571 g/mol. The number of carboxylic acid groups (broad SMARTS) is 1. The van der Waals surface area contributed by atoms with Crippen molar-refractivity contribution >= 4 is 39.9 Å². The number of piperazine rings is 1. The molecule has 0 saturated carbocycles. The molecule has 0 amide bonds. The van der Waals surface area contributed by atoms with Gasteiger partial charge in [0.2, 0.25) is 0 Å². The number of nitrogens with zero attached hydrogens (tertiary/aromatic N) is 4. The van der Waals surface area contributed by atoms with Gasteiger partial charge < -0.3 is 14.8 Å². The molecule has 1 saturated heterocycles. The van der Waals surface area contributed by atoms with Gasteiger partial charge in [-0.2, -0.15) is 4.73 Å². The average Bonchev–Trinajstić information content (AvgIpc) is 3.37. The fourth-order valence-corrected chi connectivity index (χ4v) is 6.16. The van der Waals surface area contributed by atoms with Crippen LogP contribution in [0.15, 0.2) is 78.6 Å². The molecule has 212 valence electrons. The summed E-state index contributed by atoms with van der Waals surface area (Å²) in [6, 6.07) is 19.3. The van der Waals surface area contributed by atoms with Crippen LogP contribution in [0.25, 0.3) is 16.6 Å². The van der Waals surface area contributed by atoms with E-state index in [0.717, 1.165) is 61.7 Å². The summed E-state index contributed by atoms with van der Waals surface area (Å²) in [7, 11) is 0. The normalized spacial score (nSPS) is 17.7. The highest BCUT2D eigenvalue weighted by Gasteiger charge is 2.30. The van der Waals surface area contributed by atoms with Gasteiger partial charge in [0, 0.05) is 55.5 Å². The van der Waals surface area contributed by atoms with E-state index in [2.05, 4.69) is 40.8 Å². The van der Waals surface area contributed by atoms with Gasteiger partial charge in [-0.05, 0) is 78.3 Å². The summed E-state index contributed by atoms with van der Waals surface area (Å²) in [5.74, 6) is -0.689. The summed E-state index contributed by atoms with van der Waals surface area (Å²) in [4.78, 5) is 27.6. The molecule has 1 aliphatic heterocycles. The number of benzene rings is 2. The highest BCUT2D eigenvalue weighted by molar-refractivity contribution is 6.30. The molecule has 7 nitrogen and oxygen atoms in total. The van der Waals surface area contributed by atoms with Crippen LogP contribution in [-0.4, -0.2) is 58.4 Å². The number of carboxylic acids is 1. The largest absolute Gasteiger partial charge is 0.478 e. The first-order chi connectivity index (χ1) is 19.8. The Labute approximate surface area is 245 Å². The third-order valence-electron chi connectivity index (χ3n) is 8.34. The number of pyridine rings is 1. The monoisotopic (exact) mass is 570 g/mol. The number of rotatable bonds is 7. The van der Waals surface area contributed by atoms with Crippen molar-refractivity contribution in [1.29, 1.82) is 0 Å². The van der Waals surface area contributed by atoms with E-state index in [4.69, 9.17) is 16.4 Å². The van der Waals surface area contributed by atoms with E-state index in [1.165, 1.54) is 23.1 Å². The standard InChI is InChI=1S/C33H35ClN4O3/c1-33(2)14-12-25(28(21-33)23-8-10-26(34)11-9-23)22-36-17-19-37(20-18-36)29-7-3-6-27(32(39)40)30(29)41-38-16-13-24-5-4-15-35-31(24)38/h3-11,13,15-16H,12,14,17-22H2,1-2H3,(H,39,40). The molecule has 0 bridgehead atoms. The highest BCUT2D eigenvalue weighted by Crippen LogP contribution is 2.43. The third kappa shape index (κ3) is 5.83. The van der Waals surface area contributed by atoms with Crippen molar-refractivity contribution in [2.24, 2.45) is 5.41 Å². The maximum atomic E-state index is 12.2. The molecule has 3 heterocycles. The van der Waals surface area contributed by atoms with Crippen molar-refractivity contribution < 1.29 is 14.7 Å². The third-order valence-corrected chi connectivity index (χ3v) is 8.59. The lowest BCUT2D eigenvalue weighted by Crippen LogP contribution is -2.47. The van der Waals surface area contributed by atoms with Gasteiger partial charge in [-0.25, -0.2) is 9.78 Å². The number of para-hydroxylation sites is 1. The predicted octanol–water partition coefficient (Wildman–Crippen LogP) is 7.02. The van der Waals surface area contributed by atoms with Crippen molar-refractivity contribution in [3.8, 4) is 5.75 Å². The molecule has 1 aliphatic carbocycles. The molecule has 0 atom stereocenters. The topological polar surface area (TPSA) is 70.8 Å². The Morgan fingerprint density at radius 1 is 1.02 bits per heavy atom. The summed E-state index contributed by atoms with van der Waals surface area (Å²) in [6.45, 7) is 8.97. The second-order valence-corrected chi connectivity index (χ2v) is 12.2. The number of anilines is 1. The Bertz CT molecular complexity index is 1600. The summed E-state index contributed by atoms with van der Waals surface area (Å²) < 4.78 is 1.55. The summed E-state index contributed by atoms with van der Waals surface area (Å²) in [5.41, 5.74) is 6.08. The summed E-state index contributed by atoms with van der Waals surface area (Å²) in [5, 5.41) is 11.7. The lowest BCUT2D eigenvalue weighted by molar-refractivity contribution is 0.0689. The van der Waals surface area contributed by atoms with E-state index in [-0.39, 0.29) is 11.0 Å².